The Morgan fingerprint density at radius 3 is 2.20 bits per heavy atom. The Hall–Kier alpha value is -0.520. The minimum absolute atomic E-state index is 0.0317. The van der Waals surface area contributed by atoms with E-state index < -0.39 is 17.7 Å². The fraction of sp³-hybridized carbons (Fsp3) is 0.600. The van der Waals surface area contributed by atoms with Gasteiger partial charge in [-0.05, 0) is 18.6 Å². The van der Waals surface area contributed by atoms with Crippen LogP contribution in [0.4, 0.5) is 8.78 Å². The highest BCUT2D eigenvalue weighted by atomic mass is 79.9. The molecule has 0 aliphatic rings. The zero-order valence-electron chi connectivity index (χ0n) is 11.9. The molecule has 0 aliphatic carbocycles. The lowest BCUT2D eigenvalue weighted by Gasteiger charge is -2.18. The maximum atomic E-state index is 13.9. The van der Waals surface area contributed by atoms with Gasteiger partial charge in [0.05, 0.1) is 6.04 Å². The first kappa shape index (κ1) is 17.5. The molecule has 2 nitrogen and oxygen atoms in total. The number of benzene rings is 1. The van der Waals surface area contributed by atoms with Crippen molar-refractivity contribution in [1.29, 1.82) is 0 Å². The van der Waals surface area contributed by atoms with Gasteiger partial charge in [0.15, 0.2) is 0 Å². The molecule has 0 amide bonds. The third-order valence-electron chi connectivity index (χ3n) is 3.44. The Balaban J connectivity index is 2.54. The van der Waals surface area contributed by atoms with Crippen LogP contribution in [0.1, 0.15) is 63.5 Å². The second-order valence-electron chi connectivity index (χ2n) is 5.06. The second kappa shape index (κ2) is 9.42. The Bertz CT molecular complexity index is 390. The molecule has 20 heavy (non-hydrogen) atoms. The number of nitrogens with one attached hydrogen (secondary N) is 1. The highest BCUT2D eigenvalue weighted by Gasteiger charge is 2.19. The molecule has 0 saturated heterocycles. The van der Waals surface area contributed by atoms with E-state index in [2.05, 4.69) is 28.3 Å². The van der Waals surface area contributed by atoms with Crippen LogP contribution in [0.5, 0.6) is 0 Å². The topological polar surface area (TPSA) is 38.0 Å². The first-order valence-corrected chi connectivity index (χ1v) is 8.00. The highest BCUT2D eigenvalue weighted by molar-refractivity contribution is 9.10. The van der Waals surface area contributed by atoms with Crippen molar-refractivity contribution in [3.63, 3.8) is 0 Å². The van der Waals surface area contributed by atoms with Crippen LogP contribution in [0.15, 0.2) is 16.6 Å². The number of hydrazine groups is 1. The zero-order chi connectivity index (χ0) is 15.0. The standard InChI is InChI=1S/C15H23BrF2N2/c1-2-3-4-5-6-7-8-14(20-19)15-12(17)9-11(16)10-13(15)18/h9-10,14,20H,2-8,19H2,1H3. The molecule has 5 heteroatoms. The number of unbranched alkanes of at least 4 members (excludes halogenated alkanes) is 5. The van der Waals surface area contributed by atoms with Crippen molar-refractivity contribution in [1.82, 2.24) is 5.43 Å². The van der Waals surface area contributed by atoms with Gasteiger partial charge in [0.1, 0.15) is 11.6 Å². The normalized spacial score (nSPS) is 12.7. The quantitative estimate of drug-likeness (QED) is 0.375. The van der Waals surface area contributed by atoms with Crippen LogP contribution in [-0.2, 0) is 0 Å². The van der Waals surface area contributed by atoms with Crippen molar-refractivity contribution in [2.75, 3.05) is 0 Å². The molecule has 1 rings (SSSR count). The summed E-state index contributed by atoms with van der Waals surface area (Å²) in [4.78, 5) is 0. The molecule has 0 heterocycles. The van der Waals surface area contributed by atoms with Gasteiger partial charge in [-0.2, -0.15) is 0 Å². The number of rotatable bonds is 9. The SMILES string of the molecule is CCCCCCCCC(NN)c1c(F)cc(Br)cc1F. The summed E-state index contributed by atoms with van der Waals surface area (Å²) < 4.78 is 28.1. The minimum Gasteiger partial charge on any atom is -0.271 e. The Kier molecular flexibility index (Phi) is 8.26. The van der Waals surface area contributed by atoms with Crippen molar-refractivity contribution in [3.05, 3.63) is 33.8 Å². The second-order valence-corrected chi connectivity index (χ2v) is 5.97. The van der Waals surface area contributed by atoms with Crippen LogP contribution in [0.3, 0.4) is 0 Å². The summed E-state index contributed by atoms with van der Waals surface area (Å²) in [7, 11) is 0. The summed E-state index contributed by atoms with van der Waals surface area (Å²) in [5, 5.41) is 0. The van der Waals surface area contributed by atoms with Crippen LogP contribution in [-0.4, -0.2) is 0 Å². The lowest BCUT2D eigenvalue weighted by atomic mass is 9.99. The van der Waals surface area contributed by atoms with Gasteiger partial charge < -0.3 is 0 Å². The van der Waals surface area contributed by atoms with E-state index in [1.165, 1.54) is 31.4 Å². The largest absolute Gasteiger partial charge is 0.271 e. The number of halogens is 3. The van der Waals surface area contributed by atoms with Gasteiger partial charge in [-0.1, -0.05) is 61.4 Å². The predicted molar refractivity (Wildman–Crippen MR) is 82.1 cm³/mol. The molecule has 0 bridgehead atoms. The first-order chi connectivity index (χ1) is 9.60. The van der Waals surface area contributed by atoms with Crippen LogP contribution in [0, 0.1) is 11.6 Å². The Morgan fingerprint density at radius 1 is 1.10 bits per heavy atom. The fourth-order valence-electron chi connectivity index (χ4n) is 2.33. The molecule has 3 N–H and O–H groups in total. The van der Waals surface area contributed by atoms with Crippen LogP contribution in [0.25, 0.3) is 0 Å². The molecule has 0 radical (unpaired) electrons. The molecule has 0 aromatic heterocycles. The molecule has 1 unspecified atom stereocenters. The number of nitrogens with two attached hydrogens (primary N) is 1. The smallest absolute Gasteiger partial charge is 0.132 e. The van der Waals surface area contributed by atoms with E-state index in [9.17, 15) is 8.78 Å². The molecular weight excluding hydrogens is 326 g/mol. The monoisotopic (exact) mass is 348 g/mol. The van der Waals surface area contributed by atoms with Gasteiger partial charge in [0.2, 0.25) is 0 Å². The summed E-state index contributed by atoms with van der Waals surface area (Å²) in [6.07, 6.45) is 7.45. The van der Waals surface area contributed by atoms with Crippen LogP contribution >= 0.6 is 15.9 Å². The summed E-state index contributed by atoms with van der Waals surface area (Å²) >= 11 is 3.07. The molecule has 0 aliphatic heterocycles. The maximum Gasteiger partial charge on any atom is 0.132 e. The fourth-order valence-corrected chi connectivity index (χ4v) is 2.73. The van der Waals surface area contributed by atoms with E-state index in [0.717, 1.165) is 19.3 Å². The molecular formula is C15H23BrF2N2. The van der Waals surface area contributed by atoms with E-state index in [4.69, 9.17) is 5.84 Å². The third kappa shape index (κ3) is 5.46. The lowest BCUT2D eigenvalue weighted by Crippen LogP contribution is -2.29. The predicted octanol–water partition coefficient (Wildman–Crippen LogP) is 4.98. The number of hydrogen-bond donors (Lipinski definition) is 2. The van der Waals surface area contributed by atoms with Gasteiger partial charge >= 0.3 is 0 Å². The van der Waals surface area contributed by atoms with Crippen molar-refractivity contribution in [3.8, 4) is 0 Å². The Labute approximate surface area is 128 Å². The minimum atomic E-state index is -0.564. The van der Waals surface area contributed by atoms with Crippen molar-refractivity contribution in [2.24, 2.45) is 5.84 Å². The average Bonchev–Trinajstić information content (AvgIpc) is 2.39. The first-order valence-electron chi connectivity index (χ1n) is 7.20. The van der Waals surface area contributed by atoms with Crippen molar-refractivity contribution < 1.29 is 8.78 Å². The van der Waals surface area contributed by atoms with Crippen molar-refractivity contribution in [2.45, 2.75) is 57.9 Å². The summed E-state index contributed by atoms with van der Waals surface area (Å²) in [5.41, 5.74) is 2.56. The third-order valence-corrected chi connectivity index (χ3v) is 3.90. The molecule has 1 aromatic carbocycles. The van der Waals surface area contributed by atoms with Crippen LogP contribution < -0.4 is 11.3 Å². The zero-order valence-corrected chi connectivity index (χ0v) is 13.5. The van der Waals surface area contributed by atoms with Crippen LogP contribution in [0.2, 0.25) is 0 Å². The van der Waals surface area contributed by atoms with E-state index >= 15 is 0 Å². The summed E-state index contributed by atoms with van der Waals surface area (Å²) in [6.45, 7) is 2.17. The molecule has 0 fully saturated rings. The van der Waals surface area contributed by atoms with E-state index in [-0.39, 0.29) is 5.56 Å². The van der Waals surface area contributed by atoms with Gasteiger partial charge in [-0.25, -0.2) is 8.78 Å². The van der Waals surface area contributed by atoms with Gasteiger partial charge in [0.25, 0.3) is 0 Å². The summed E-state index contributed by atoms with van der Waals surface area (Å²) in [5.74, 6) is 4.32. The highest BCUT2D eigenvalue weighted by Crippen LogP contribution is 2.27. The molecule has 0 spiro atoms. The van der Waals surface area contributed by atoms with Gasteiger partial charge in [-0.15, -0.1) is 0 Å². The lowest BCUT2D eigenvalue weighted by molar-refractivity contribution is 0.434. The van der Waals surface area contributed by atoms with E-state index in [0.29, 0.717) is 10.9 Å². The summed E-state index contributed by atoms with van der Waals surface area (Å²) in [6, 6.07) is 2.06. The van der Waals surface area contributed by atoms with E-state index in [1.54, 1.807) is 0 Å². The van der Waals surface area contributed by atoms with Crippen molar-refractivity contribution >= 4 is 15.9 Å². The molecule has 114 valence electrons. The Morgan fingerprint density at radius 2 is 1.65 bits per heavy atom. The maximum absolute atomic E-state index is 13.9. The molecule has 1 aromatic rings. The average molecular weight is 349 g/mol. The van der Waals surface area contributed by atoms with Gasteiger partial charge in [0, 0.05) is 10.0 Å². The molecule has 1 atom stereocenters. The van der Waals surface area contributed by atoms with Gasteiger partial charge in [-0.3, -0.25) is 11.3 Å². The van der Waals surface area contributed by atoms with E-state index in [1.807, 2.05) is 0 Å². The molecule has 0 saturated carbocycles. The number of hydrogen-bond acceptors (Lipinski definition) is 2.